The van der Waals surface area contributed by atoms with E-state index in [-0.39, 0.29) is 17.7 Å². The summed E-state index contributed by atoms with van der Waals surface area (Å²) in [7, 11) is 0. The second-order valence-corrected chi connectivity index (χ2v) is 7.92. The smallest absolute Gasteiger partial charge is 0.257 e. The summed E-state index contributed by atoms with van der Waals surface area (Å²) >= 11 is 0. The molecule has 0 aliphatic carbocycles. The third kappa shape index (κ3) is 5.57. The maximum Gasteiger partial charge on any atom is 0.257 e. The molecule has 0 spiro atoms. The Morgan fingerprint density at radius 2 is 1.40 bits per heavy atom. The number of amides is 2. The number of benzene rings is 3. The van der Waals surface area contributed by atoms with Crippen molar-refractivity contribution in [2.24, 2.45) is 5.92 Å². The first-order chi connectivity index (χ1) is 14.4. The van der Waals surface area contributed by atoms with Crippen LogP contribution in [0, 0.1) is 5.92 Å². The third-order valence-corrected chi connectivity index (χ3v) is 4.98. The van der Waals surface area contributed by atoms with Crippen LogP contribution in [-0.4, -0.2) is 11.8 Å². The van der Waals surface area contributed by atoms with Gasteiger partial charge in [0.15, 0.2) is 0 Å². The Morgan fingerprint density at radius 1 is 0.767 bits per heavy atom. The van der Waals surface area contributed by atoms with Gasteiger partial charge in [0.25, 0.3) is 5.91 Å². The van der Waals surface area contributed by atoms with Crippen molar-refractivity contribution in [1.82, 2.24) is 0 Å². The van der Waals surface area contributed by atoms with Gasteiger partial charge in [-0.2, -0.15) is 0 Å². The Kier molecular flexibility index (Phi) is 7.02. The molecule has 0 saturated heterocycles. The molecule has 154 valence electrons. The maximum atomic E-state index is 12.9. The Bertz CT molecular complexity index is 995. The van der Waals surface area contributed by atoms with Crippen LogP contribution >= 0.6 is 0 Å². The van der Waals surface area contributed by atoms with Gasteiger partial charge in [-0.05, 0) is 54.7 Å². The number of carbonyl (C=O) groups excluding carboxylic acids is 2. The number of anilines is 2. The predicted octanol–water partition coefficient (Wildman–Crippen LogP) is 5.88. The van der Waals surface area contributed by atoms with Crippen LogP contribution in [-0.2, 0) is 11.2 Å². The molecule has 0 saturated carbocycles. The lowest BCUT2D eigenvalue weighted by molar-refractivity contribution is -0.117. The average Bonchev–Trinajstić information content (AvgIpc) is 2.74. The van der Waals surface area contributed by atoms with Crippen molar-refractivity contribution in [3.05, 3.63) is 95.6 Å². The first-order valence-corrected chi connectivity index (χ1v) is 10.3. The number of carbonyl (C=O) groups is 2. The molecule has 0 radical (unpaired) electrons. The highest BCUT2D eigenvalue weighted by Gasteiger charge is 2.18. The van der Waals surface area contributed by atoms with Crippen LogP contribution in [0.15, 0.2) is 78.9 Å². The summed E-state index contributed by atoms with van der Waals surface area (Å²) in [6, 6.07) is 24.5. The van der Waals surface area contributed by atoms with Gasteiger partial charge in [0.05, 0.1) is 17.2 Å². The first-order valence-electron chi connectivity index (χ1n) is 10.3. The average molecular weight is 401 g/mol. The number of rotatable bonds is 7. The van der Waals surface area contributed by atoms with Gasteiger partial charge in [0.2, 0.25) is 5.91 Å². The van der Waals surface area contributed by atoms with E-state index in [0.717, 1.165) is 12.0 Å². The zero-order chi connectivity index (χ0) is 21.5. The molecule has 0 aliphatic rings. The quantitative estimate of drug-likeness (QED) is 0.520. The van der Waals surface area contributed by atoms with Crippen molar-refractivity contribution in [3.63, 3.8) is 0 Å². The van der Waals surface area contributed by atoms with Gasteiger partial charge in [0.1, 0.15) is 0 Å². The van der Waals surface area contributed by atoms with Crippen molar-refractivity contribution in [2.45, 2.75) is 33.1 Å². The fraction of sp³-hybridized carbons (Fsp3) is 0.231. The van der Waals surface area contributed by atoms with E-state index in [0.29, 0.717) is 22.9 Å². The van der Waals surface area contributed by atoms with Gasteiger partial charge < -0.3 is 10.6 Å². The van der Waals surface area contributed by atoms with Gasteiger partial charge in [-0.15, -0.1) is 0 Å². The second-order valence-electron chi connectivity index (χ2n) is 7.92. The van der Waals surface area contributed by atoms with Crippen LogP contribution in [0.25, 0.3) is 0 Å². The van der Waals surface area contributed by atoms with Crippen LogP contribution in [0.1, 0.15) is 48.2 Å². The van der Waals surface area contributed by atoms with Crippen molar-refractivity contribution in [3.8, 4) is 0 Å². The molecule has 4 heteroatoms. The third-order valence-electron chi connectivity index (χ3n) is 4.98. The van der Waals surface area contributed by atoms with Crippen molar-refractivity contribution in [1.29, 1.82) is 0 Å². The number of para-hydroxylation sites is 2. The zero-order valence-corrected chi connectivity index (χ0v) is 17.7. The highest BCUT2D eigenvalue weighted by atomic mass is 16.2. The molecular formula is C26H28N2O2. The largest absolute Gasteiger partial charge is 0.325 e. The predicted molar refractivity (Wildman–Crippen MR) is 123 cm³/mol. The van der Waals surface area contributed by atoms with E-state index in [1.807, 2.05) is 49.4 Å². The van der Waals surface area contributed by atoms with Gasteiger partial charge in [-0.1, -0.05) is 68.4 Å². The number of hydrogen-bond acceptors (Lipinski definition) is 2. The maximum absolute atomic E-state index is 12.9. The topological polar surface area (TPSA) is 58.2 Å². The molecule has 2 amide bonds. The van der Waals surface area contributed by atoms with Crippen LogP contribution in [0.4, 0.5) is 11.4 Å². The Labute approximate surface area is 178 Å². The highest BCUT2D eigenvalue weighted by molar-refractivity contribution is 6.10. The van der Waals surface area contributed by atoms with Crippen LogP contribution < -0.4 is 10.6 Å². The summed E-state index contributed by atoms with van der Waals surface area (Å²) in [5.41, 5.74) is 3.85. The molecule has 0 fully saturated rings. The van der Waals surface area contributed by atoms with Gasteiger partial charge in [-0.25, -0.2) is 0 Å². The van der Waals surface area contributed by atoms with Crippen molar-refractivity contribution < 1.29 is 9.59 Å². The van der Waals surface area contributed by atoms with E-state index in [1.54, 1.807) is 24.3 Å². The van der Waals surface area contributed by atoms with Gasteiger partial charge >= 0.3 is 0 Å². The summed E-state index contributed by atoms with van der Waals surface area (Å²) in [4.78, 5) is 25.6. The molecule has 1 unspecified atom stereocenters. The Hall–Kier alpha value is -3.40. The minimum atomic E-state index is -0.330. The molecule has 2 N–H and O–H groups in total. The molecule has 4 nitrogen and oxygen atoms in total. The fourth-order valence-electron chi connectivity index (χ4n) is 3.32. The SMILES string of the molecule is CC(C)Cc1ccc(C(C)C(=O)Nc2ccccc2C(=O)Nc2ccccc2)cc1. The van der Waals surface area contributed by atoms with E-state index in [2.05, 4.69) is 36.6 Å². The van der Waals surface area contributed by atoms with Crippen LogP contribution in [0.3, 0.4) is 0 Å². The molecule has 3 rings (SSSR count). The highest BCUT2D eigenvalue weighted by Crippen LogP contribution is 2.22. The number of nitrogens with one attached hydrogen (secondary N) is 2. The van der Waals surface area contributed by atoms with E-state index in [9.17, 15) is 9.59 Å². The molecule has 0 aromatic heterocycles. The summed E-state index contributed by atoms with van der Waals surface area (Å²) in [6.07, 6.45) is 1.02. The first kappa shape index (κ1) is 21.3. The molecule has 3 aromatic rings. The van der Waals surface area contributed by atoms with E-state index in [4.69, 9.17) is 0 Å². The second kappa shape index (κ2) is 9.88. The van der Waals surface area contributed by atoms with Gasteiger partial charge in [0, 0.05) is 5.69 Å². The normalized spacial score (nSPS) is 11.7. The minimum absolute atomic E-state index is 0.147. The van der Waals surface area contributed by atoms with E-state index >= 15 is 0 Å². The molecule has 30 heavy (non-hydrogen) atoms. The monoisotopic (exact) mass is 400 g/mol. The summed E-state index contributed by atoms with van der Waals surface area (Å²) < 4.78 is 0. The van der Waals surface area contributed by atoms with Crippen molar-refractivity contribution in [2.75, 3.05) is 10.6 Å². The summed E-state index contributed by atoms with van der Waals surface area (Å²) in [6.45, 7) is 6.25. The fourth-order valence-corrected chi connectivity index (χ4v) is 3.32. The van der Waals surface area contributed by atoms with Crippen LogP contribution in [0.2, 0.25) is 0 Å². The molecule has 0 bridgehead atoms. The molecule has 0 heterocycles. The standard InChI is InChI=1S/C26H28N2O2/c1-18(2)17-20-13-15-21(16-14-20)19(3)25(29)28-24-12-8-7-11-23(24)26(30)27-22-9-5-4-6-10-22/h4-16,18-19H,17H2,1-3H3,(H,27,30)(H,28,29). The molecule has 0 aliphatic heterocycles. The summed E-state index contributed by atoms with van der Waals surface area (Å²) in [5.74, 6) is -0.146. The lowest BCUT2D eigenvalue weighted by Gasteiger charge is -2.16. The van der Waals surface area contributed by atoms with Crippen molar-refractivity contribution >= 4 is 23.2 Å². The number of hydrogen-bond donors (Lipinski definition) is 2. The van der Waals surface area contributed by atoms with E-state index < -0.39 is 0 Å². The minimum Gasteiger partial charge on any atom is -0.325 e. The Balaban J connectivity index is 1.71. The van der Waals surface area contributed by atoms with E-state index in [1.165, 1.54) is 5.56 Å². The van der Waals surface area contributed by atoms with Gasteiger partial charge in [-0.3, -0.25) is 9.59 Å². The lowest BCUT2D eigenvalue weighted by atomic mass is 9.96. The lowest BCUT2D eigenvalue weighted by Crippen LogP contribution is -2.22. The zero-order valence-electron chi connectivity index (χ0n) is 17.7. The molecular weight excluding hydrogens is 372 g/mol. The Morgan fingerprint density at radius 3 is 2.07 bits per heavy atom. The van der Waals surface area contributed by atoms with Crippen LogP contribution in [0.5, 0.6) is 0 Å². The summed E-state index contributed by atoms with van der Waals surface area (Å²) in [5, 5.41) is 5.79. The molecule has 1 atom stereocenters. The molecule has 3 aromatic carbocycles.